The van der Waals surface area contributed by atoms with Crippen LogP contribution in [0.4, 0.5) is 0 Å². The van der Waals surface area contributed by atoms with E-state index in [-0.39, 0.29) is 17.2 Å². The van der Waals surface area contributed by atoms with E-state index in [9.17, 15) is 20.1 Å². The van der Waals surface area contributed by atoms with E-state index in [1.54, 1.807) is 30.3 Å². The summed E-state index contributed by atoms with van der Waals surface area (Å²) in [5.74, 6) is -0.718. The molecular formula is C29H34O7Si. The normalized spacial score (nSPS) is 24.4. The van der Waals surface area contributed by atoms with E-state index in [4.69, 9.17) is 13.9 Å². The predicted octanol–water partition coefficient (Wildman–Crippen LogP) is 2.23. The van der Waals surface area contributed by atoms with Crippen molar-refractivity contribution in [3.8, 4) is 0 Å². The van der Waals surface area contributed by atoms with E-state index < -0.39 is 45.0 Å². The van der Waals surface area contributed by atoms with Gasteiger partial charge in [0.25, 0.3) is 8.32 Å². The predicted molar refractivity (Wildman–Crippen MR) is 142 cm³/mol. The summed E-state index contributed by atoms with van der Waals surface area (Å²) in [4.78, 5) is 12.6. The third-order valence-electron chi connectivity index (χ3n) is 6.79. The molecule has 37 heavy (non-hydrogen) atoms. The van der Waals surface area contributed by atoms with Crippen molar-refractivity contribution in [2.45, 2.75) is 56.5 Å². The second kappa shape index (κ2) is 11.3. The molecule has 0 radical (unpaired) electrons. The van der Waals surface area contributed by atoms with Gasteiger partial charge in [0, 0.05) is 0 Å². The Kier molecular flexibility index (Phi) is 8.28. The Labute approximate surface area is 218 Å². The monoisotopic (exact) mass is 522 g/mol. The Morgan fingerprint density at radius 1 is 0.811 bits per heavy atom. The molecule has 3 aromatic rings. The van der Waals surface area contributed by atoms with Gasteiger partial charge in [-0.2, -0.15) is 0 Å². The van der Waals surface area contributed by atoms with E-state index in [0.29, 0.717) is 0 Å². The highest BCUT2D eigenvalue weighted by Crippen LogP contribution is 2.37. The largest absolute Gasteiger partial charge is 0.453 e. The zero-order valence-electron chi connectivity index (χ0n) is 21.2. The Balaban J connectivity index is 1.63. The molecule has 0 unspecified atom stereocenters. The molecule has 0 aromatic heterocycles. The number of aliphatic hydroxyl groups excluding tert-OH is 3. The van der Waals surface area contributed by atoms with E-state index in [1.165, 1.54) is 0 Å². The molecule has 7 nitrogen and oxygen atoms in total. The minimum atomic E-state index is -2.95. The number of benzene rings is 3. The summed E-state index contributed by atoms with van der Waals surface area (Å²) in [6.45, 7) is 6.29. The molecule has 8 heteroatoms. The molecule has 3 N–H and O–H groups in total. The maximum Gasteiger partial charge on any atom is 0.338 e. The van der Waals surface area contributed by atoms with Gasteiger partial charge in [-0.05, 0) is 27.5 Å². The highest BCUT2D eigenvalue weighted by molar-refractivity contribution is 6.99. The maximum absolute atomic E-state index is 12.6. The number of hydrogen-bond acceptors (Lipinski definition) is 7. The molecule has 0 bridgehead atoms. The van der Waals surface area contributed by atoms with Crippen LogP contribution in [0.5, 0.6) is 0 Å². The van der Waals surface area contributed by atoms with Crippen molar-refractivity contribution >= 4 is 24.7 Å². The van der Waals surface area contributed by atoms with Gasteiger partial charge in [0.15, 0.2) is 12.4 Å². The summed E-state index contributed by atoms with van der Waals surface area (Å²) in [7, 11) is -2.95. The molecule has 1 saturated heterocycles. The van der Waals surface area contributed by atoms with Gasteiger partial charge in [0.2, 0.25) is 0 Å². The van der Waals surface area contributed by atoms with Crippen LogP contribution in [0.25, 0.3) is 0 Å². The molecule has 0 saturated carbocycles. The number of esters is 1. The second-order valence-electron chi connectivity index (χ2n) is 10.3. The van der Waals surface area contributed by atoms with Gasteiger partial charge in [0.05, 0.1) is 12.2 Å². The number of carbonyl (C=O) groups is 1. The third-order valence-corrected chi connectivity index (χ3v) is 11.8. The van der Waals surface area contributed by atoms with Crippen molar-refractivity contribution in [3.05, 3.63) is 96.6 Å². The number of carbonyl (C=O) groups excluding carboxylic acids is 1. The number of rotatable bonds is 7. The second-order valence-corrected chi connectivity index (χ2v) is 14.6. The molecule has 1 fully saturated rings. The van der Waals surface area contributed by atoms with E-state index in [0.717, 1.165) is 10.4 Å². The van der Waals surface area contributed by atoms with Gasteiger partial charge in [-0.3, -0.25) is 0 Å². The van der Waals surface area contributed by atoms with Crippen LogP contribution >= 0.6 is 0 Å². The first-order valence-electron chi connectivity index (χ1n) is 12.4. The summed E-state index contributed by atoms with van der Waals surface area (Å²) in [5.41, 5.74) is 0.267. The van der Waals surface area contributed by atoms with Crippen LogP contribution in [-0.2, 0) is 13.9 Å². The first kappa shape index (κ1) is 27.2. The summed E-state index contributed by atoms with van der Waals surface area (Å²) >= 11 is 0. The summed E-state index contributed by atoms with van der Waals surface area (Å²) < 4.78 is 17.8. The quantitative estimate of drug-likeness (QED) is 0.323. The molecule has 3 aromatic carbocycles. The lowest BCUT2D eigenvalue weighted by Gasteiger charge is -2.45. The van der Waals surface area contributed by atoms with Crippen LogP contribution in [0.3, 0.4) is 0 Å². The van der Waals surface area contributed by atoms with Crippen molar-refractivity contribution in [1.29, 1.82) is 0 Å². The number of hydrogen-bond donors (Lipinski definition) is 3. The minimum Gasteiger partial charge on any atom is -0.453 e. The number of aliphatic hydroxyl groups is 3. The zero-order valence-corrected chi connectivity index (χ0v) is 22.2. The summed E-state index contributed by atoms with van der Waals surface area (Å²) in [6, 6.07) is 28.3. The van der Waals surface area contributed by atoms with Gasteiger partial charge in [0.1, 0.15) is 18.3 Å². The van der Waals surface area contributed by atoms with Crippen molar-refractivity contribution in [2.75, 3.05) is 6.61 Å². The summed E-state index contributed by atoms with van der Waals surface area (Å²) in [5, 5.41) is 33.8. The zero-order chi connectivity index (χ0) is 26.6. The molecule has 1 aliphatic rings. The average molecular weight is 523 g/mol. The molecule has 1 aliphatic heterocycles. The van der Waals surface area contributed by atoms with E-state index in [2.05, 4.69) is 20.8 Å². The fourth-order valence-corrected chi connectivity index (χ4v) is 9.50. The standard InChI is InChI=1S/C29H34O7Si/c1-29(2,3)37(21-15-9-5-10-16-21,22-17-11-6-12-18-22)34-19-23-24(30)26(25(31)28(33)35-23)36-27(32)20-13-7-4-8-14-20/h4-18,23-26,28,30-31,33H,19H2,1-3H3/t23-,24-,25+,26+,28-/m1/s1. The van der Waals surface area contributed by atoms with Crippen LogP contribution in [-0.4, -0.2) is 66.9 Å². The summed E-state index contributed by atoms with van der Waals surface area (Å²) in [6.07, 6.45) is -7.15. The van der Waals surface area contributed by atoms with Crippen LogP contribution in [0, 0.1) is 0 Å². The Morgan fingerprint density at radius 3 is 1.78 bits per heavy atom. The number of ether oxygens (including phenoxy) is 2. The first-order chi connectivity index (χ1) is 17.6. The molecule has 4 rings (SSSR count). The average Bonchev–Trinajstić information content (AvgIpc) is 2.90. The van der Waals surface area contributed by atoms with Gasteiger partial charge >= 0.3 is 5.97 Å². The highest BCUT2D eigenvalue weighted by Gasteiger charge is 2.52. The van der Waals surface area contributed by atoms with Crippen molar-refractivity contribution in [2.24, 2.45) is 0 Å². The lowest BCUT2D eigenvalue weighted by molar-refractivity contribution is -0.285. The van der Waals surface area contributed by atoms with Gasteiger partial charge in [-0.15, -0.1) is 0 Å². The van der Waals surface area contributed by atoms with E-state index in [1.807, 2.05) is 60.7 Å². The third kappa shape index (κ3) is 5.55. The molecular weight excluding hydrogens is 488 g/mol. The SMILES string of the molecule is CC(C)(C)[Si](OC[C@H]1O[C@@H](O)[C@@H](O)[C@@H](OC(=O)c2ccccc2)[C@@H]1O)(c1ccccc1)c1ccccc1. The Bertz CT molecular complexity index is 1110. The molecule has 0 amide bonds. The molecule has 0 spiro atoms. The van der Waals surface area contributed by atoms with Gasteiger partial charge in [-0.1, -0.05) is 99.6 Å². The lowest BCUT2D eigenvalue weighted by Crippen LogP contribution is -2.68. The van der Waals surface area contributed by atoms with Crippen molar-refractivity contribution in [1.82, 2.24) is 0 Å². The van der Waals surface area contributed by atoms with Crippen LogP contribution in [0.1, 0.15) is 31.1 Å². The lowest BCUT2D eigenvalue weighted by atomic mass is 9.99. The van der Waals surface area contributed by atoms with Crippen LogP contribution < -0.4 is 10.4 Å². The molecule has 5 atom stereocenters. The molecule has 196 valence electrons. The van der Waals surface area contributed by atoms with E-state index >= 15 is 0 Å². The van der Waals surface area contributed by atoms with Crippen molar-refractivity contribution < 1.29 is 34.0 Å². The smallest absolute Gasteiger partial charge is 0.338 e. The van der Waals surface area contributed by atoms with Gasteiger partial charge < -0.3 is 29.2 Å². The minimum absolute atomic E-state index is 0.0857. The maximum atomic E-state index is 12.6. The van der Waals surface area contributed by atoms with Crippen molar-refractivity contribution in [3.63, 3.8) is 0 Å². The Morgan fingerprint density at radius 2 is 1.30 bits per heavy atom. The topological polar surface area (TPSA) is 105 Å². The van der Waals surface area contributed by atoms with Gasteiger partial charge in [-0.25, -0.2) is 4.79 Å². The fraction of sp³-hybridized carbons (Fsp3) is 0.345. The first-order valence-corrected chi connectivity index (χ1v) is 14.3. The van der Waals surface area contributed by atoms with Crippen LogP contribution in [0.2, 0.25) is 5.04 Å². The molecule has 0 aliphatic carbocycles. The Hall–Kier alpha value is -2.85. The fourth-order valence-electron chi connectivity index (χ4n) is 4.93. The highest BCUT2D eigenvalue weighted by atomic mass is 28.4. The molecule has 1 heterocycles. The van der Waals surface area contributed by atoms with Crippen LogP contribution in [0.15, 0.2) is 91.0 Å².